The highest BCUT2D eigenvalue weighted by Crippen LogP contribution is 2.25. The zero-order chi connectivity index (χ0) is 20.9. The molecule has 0 spiro atoms. The highest BCUT2D eigenvalue weighted by molar-refractivity contribution is 5.79. The summed E-state index contributed by atoms with van der Waals surface area (Å²) in [6.07, 6.45) is 5.03. The van der Waals surface area contributed by atoms with Crippen LogP contribution in [0.4, 0.5) is 5.95 Å². The molecule has 0 unspecified atom stereocenters. The molecule has 7 nitrogen and oxygen atoms in total. The second-order valence-corrected chi connectivity index (χ2v) is 8.10. The SMILES string of the molecule is Cc1ccc(O)c(Cn2c(NCCCN3CCCCC3)nc3cc(CO)ccc32)n1. The Kier molecular flexibility index (Phi) is 6.50. The number of aryl methyl sites for hydroxylation is 1. The molecule has 0 saturated carbocycles. The van der Waals surface area contributed by atoms with Crippen molar-refractivity contribution in [2.75, 3.05) is 31.5 Å². The number of imidazole rings is 1. The van der Waals surface area contributed by atoms with Crippen LogP contribution in [-0.2, 0) is 13.2 Å². The van der Waals surface area contributed by atoms with Crippen LogP contribution in [0.3, 0.4) is 0 Å². The average Bonchev–Trinajstić information content (AvgIpc) is 3.11. The smallest absolute Gasteiger partial charge is 0.204 e. The minimum atomic E-state index is -0.0123. The average molecular weight is 410 g/mol. The number of anilines is 1. The van der Waals surface area contributed by atoms with Gasteiger partial charge in [0.1, 0.15) is 11.4 Å². The Morgan fingerprint density at radius 2 is 1.90 bits per heavy atom. The summed E-state index contributed by atoms with van der Waals surface area (Å²) < 4.78 is 2.05. The first-order valence-electron chi connectivity index (χ1n) is 10.9. The predicted octanol–water partition coefficient (Wildman–Crippen LogP) is 3.27. The quantitative estimate of drug-likeness (QED) is 0.495. The number of hydrogen-bond donors (Lipinski definition) is 3. The fourth-order valence-electron chi connectivity index (χ4n) is 4.12. The summed E-state index contributed by atoms with van der Waals surface area (Å²) in [5.41, 5.74) is 4.10. The first-order valence-corrected chi connectivity index (χ1v) is 10.9. The van der Waals surface area contributed by atoms with Crippen LogP contribution in [0.15, 0.2) is 30.3 Å². The summed E-state index contributed by atoms with van der Waals surface area (Å²) in [4.78, 5) is 11.8. The maximum absolute atomic E-state index is 10.3. The lowest BCUT2D eigenvalue weighted by molar-refractivity contribution is 0.228. The van der Waals surface area contributed by atoms with Crippen molar-refractivity contribution in [3.8, 4) is 5.75 Å². The predicted molar refractivity (Wildman–Crippen MR) is 119 cm³/mol. The van der Waals surface area contributed by atoms with E-state index in [1.165, 1.54) is 32.4 Å². The van der Waals surface area contributed by atoms with Crippen LogP contribution in [0.1, 0.15) is 42.6 Å². The number of hydrogen-bond acceptors (Lipinski definition) is 6. The fourth-order valence-corrected chi connectivity index (χ4v) is 4.12. The number of aliphatic hydroxyl groups excluding tert-OH is 1. The van der Waals surface area contributed by atoms with Crippen molar-refractivity contribution in [2.45, 2.75) is 45.8 Å². The number of aliphatic hydroxyl groups is 1. The van der Waals surface area contributed by atoms with Gasteiger partial charge in [0.05, 0.1) is 24.2 Å². The number of nitrogens with one attached hydrogen (secondary N) is 1. The van der Waals surface area contributed by atoms with E-state index in [0.29, 0.717) is 12.2 Å². The van der Waals surface area contributed by atoms with E-state index in [1.54, 1.807) is 12.1 Å². The van der Waals surface area contributed by atoms with Crippen LogP contribution < -0.4 is 5.32 Å². The van der Waals surface area contributed by atoms with E-state index in [1.807, 2.05) is 25.1 Å². The van der Waals surface area contributed by atoms with E-state index >= 15 is 0 Å². The van der Waals surface area contributed by atoms with Gasteiger partial charge in [-0.05, 0) is 75.6 Å². The second kappa shape index (κ2) is 9.45. The molecule has 1 aliphatic rings. The number of piperidine rings is 1. The lowest BCUT2D eigenvalue weighted by Gasteiger charge is -2.26. The van der Waals surface area contributed by atoms with Crippen molar-refractivity contribution in [1.82, 2.24) is 19.4 Å². The van der Waals surface area contributed by atoms with Crippen molar-refractivity contribution in [2.24, 2.45) is 0 Å². The first-order chi connectivity index (χ1) is 14.6. The topological polar surface area (TPSA) is 86.4 Å². The van der Waals surface area contributed by atoms with Crippen molar-refractivity contribution in [3.63, 3.8) is 0 Å². The lowest BCUT2D eigenvalue weighted by atomic mass is 10.1. The molecule has 0 aliphatic carbocycles. The summed E-state index contributed by atoms with van der Waals surface area (Å²) >= 11 is 0. The monoisotopic (exact) mass is 409 g/mol. The number of rotatable bonds is 8. The summed E-state index contributed by atoms with van der Waals surface area (Å²) in [7, 11) is 0. The van der Waals surface area contributed by atoms with Crippen LogP contribution in [-0.4, -0.2) is 55.8 Å². The van der Waals surface area contributed by atoms with Crippen LogP contribution in [0.25, 0.3) is 11.0 Å². The van der Waals surface area contributed by atoms with Crippen molar-refractivity contribution < 1.29 is 10.2 Å². The molecule has 0 amide bonds. The fraction of sp³-hybridized carbons (Fsp3) is 0.478. The number of fused-ring (bicyclic) bond motifs is 1. The first kappa shape index (κ1) is 20.6. The molecule has 4 rings (SSSR count). The van der Waals surface area contributed by atoms with Gasteiger partial charge in [-0.2, -0.15) is 0 Å². The Hall–Kier alpha value is -2.64. The van der Waals surface area contributed by atoms with Gasteiger partial charge < -0.3 is 25.0 Å². The molecule has 3 heterocycles. The van der Waals surface area contributed by atoms with Crippen LogP contribution in [0, 0.1) is 6.92 Å². The van der Waals surface area contributed by atoms with Gasteiger partial charge in [0, 0.05) is 12.2 Å². The number of pyridine rings is 1. The zero-order valence-electron chi connectivity index (χ0n) is 17.6. The van der Waals surface area contributed by atoms with E-state index in [4.69, 9.17) is 4.98 Å². The van der Waals surface area contributed by atoms with E-state index in [-0.39, 0.29) is 12.4 Å². The Morgan fingerprint density at radius 3 is 2.70 bits per heavy atom. The van der Waals surface area contributed by atoms with Crippen LogP contribution >= 0.6 is 0 Å². The third-order valence-corrected chi connectivity index (χ3v) is 5.78. The summed E-state index contributed by atoms with van der Waals surface area (Å²) in [6.45, 7) is 6.68. The van der Waals surface area contributed by atoms with Gasteiger partial charge in [0.15, 0.2) is 0 Å². The van der Waals surface area contributed by atoms with Crippen LogP contribution in [0.2, 0.25) is 0 Å². The molecule has 1 aromatic carbocycles. The molecule has 30 heavy (non-hydrogen) atoms. The molecule has 7 heteroatoms. The normalized spacial score (nSPS) is 15.0. The molecule has 1 fully saturated rings. The van der Waals surface area contributed by atoms with Crippen LogP contribution in [0.5, 0.6) is 5.75 Å². The molecule has 0 atom stereocenters. The number of aromatic nitrogens is 3. The molecule has 160 valence electrons. The molecule has 1 aliphatic heterocycles. The third-order valence-electron chi connectivity index (χ3n) is 5.78. The summed E-state index contributed by atoms with van der Waals surface area (Å²) in [6, 6.07) is 9.28. The minimum Gasteiger partial charge on any atom is -0.506 e. The van der Waals surface area contributed by atoms with Crippen molar-refractivity contribution in [1.29, 1.82) is 0 Å². The Balaban J connectivity index is 1.54. The Bertz CT molecular complexity index is 995. The van der Waals surface area contributed by atoms with Gasteiger partial charge in [-0.3, -0.25) is 4.98 Å². The molecule has 3 aromatic rings. The van der Waals surface area contributed by atoms with Gasteiger partial charge in [-0.1, -0.05) is 12.5 Å². The molecule has 0 radical (unpaired) electrons. The molecular formula is C23H31N5O2. The Morgan fingerprint density at radius 1 is 1.07 bits per heavy atom. The molecular weight excluding hydrogens is 378 g/mol. The van der Waals surface area contributed by atoms with E-state index in [0.717, 1.165) is 47.7 Å². The highest BCUT2D eigenvalue weighted by Gasteiger charge is 2.15. The minimum absolute atomic E-state index is 0.0123. The van der Waals surface area contributed by atoms with Crippen molar-refractivity contribution in [3.05, 3.63) is 47.3 Å². The third kappa shape index (κ3) is 4.74. The number of aromatic hydroxyl groups is 1. The molecule has 3 N–H and O–H groups in total. The molecule has 0 bridgehead atoms. The van der Waals surface area contributed by atoms with E-state index in [2.05, 4.69) is 19.8 Å². The van der Waals surface area contributed by atoms with Gasteiger partial charge in [0.2, 0.25) is 5.95 Å². The van der Waals surface area contributed by atoms with Gasteiger partial charge in [-0.15, -0.1) is 0 Å². The molecule has 2 aromatic heterocycles. The highest BCUT2D eigenvalue weighted by atomic mass is 16.3. The maximum Gasteiger partial charge on any atom is 0.204 e. The van der Waals surface area contributed by atoms with Gasteiger partial charge in [0.25, 0.3) is 0 Å². The number of likely N-dealkylation sites (tertiary alicyclic amines) is 1. The number of nitrogens with zero attached hydrogens (tertiary/aromatic N) is 4. The van der Waals surface area contributed by atoms with E-state index < -0.39 is 0 Å². The largest absolute Gasteiger partial charge is 0.506 e. The van der Waals surface area contributed by atoms with Gasteiger partial charge >= 0.3 is 0 Å². The summed E-state index contributed by atoms with van der Waals surface area (Å²) in [5.74, 6) is 0.951. The van der Waals surface area contributed by atoms with Gasteiger partial charge in [-0.25, -0.2) is 4.98 Å². The number of benzene rings is 1. The molecule has 1 saturated heterocycles. The zero-order valence-corrected chi connectivity index (χ0v) is 17.6. The Labute approximate surface area is 177 Å². The van der Waals surface area contributed by atoms with Crippen molar-refractivity contribution >= 4 is 17.0 Å². The maximum atomic E-state index is 10.3. The van der Waals surface area contributed by atoms with E-state index in [9.17, 15) is 10.2 Å². The summed E-state index contributed by atoms with van der Waals surface area (Å²) in [5, 5.41) is 23.2. The standard InChI is InChI=1S/C23H31N5O2/c1-17-6-9-22(30)20(25-17)15-28-21-8-7-18(16-29)14-19(21)26-23(28)24-10-5-13-27-11-3-2-4-12-27/h6-9,14,29-30H,2-5,10-13,15-16H2,1H3,(H,24,26). The second-order valence-electron chi connectivity index (χ2n) is 8.10. The lowest BCUT2D eigenvalue weighted by Crippen LogP contribution is -2.31.